The van der Waals surface area contributed by atoms with Gasteiger partial charge in [0.1, 0.15) is 5.37 Å². The van der Waals surface area contributed by atoms with Gasteiger partial charge in [0.25, 0.3) is 0 Å². The van der Waals surface area contributed by atoms with E-state index in [2.05, 4.69) is 0 Å². The molecule has 0 unspecified atom stereocenters. The zero-order valence-electron chi connectivity index (χ0n) is 9.90. The third kappa shape index (κ3) is 2.33. The summed E-state index contributed by atoms with van der Waals surface area (Å²) in [6.07, 6.45) is -0.836. The second-order valence-electron chi connectivity index (χ2n) is 4.18. The average molecular weight is 304 g/mol. The topological polar surface area (TPSA) is 121 Å². The molecule has 3 atom stereocenters. The molecule has 0 radical (unpaired) electrons. The molecule has 0 bridgehead atoms. The fourth-order valence-electron chi connectivity index (χ4n) is 1.99. The van der Waals surface area contributed by atoms with E-state index in [0.29, 0.717) is 4.24 Å². The van der Waals surface area contributed by atoms with Gasteiger partial charge < -0.3 is 15.9 Å². The number of hydrogen-bond acceptors (Lipinski definition) is 6. The SMILES string of the molecule is C[C@@H](O)[C@H]1C(=O)N2C(C(=O)O)=C(SCC(N)=O)S[C@H]12. The average Bonchev–Trinajstić information content (AvgIpc) is 2.60. The number of carbonyl (C=O) groups excluding carboxylic acids is 2. The van der Waals surface area contributed by atoms with Gasteiger partial charge in [-0.2, -0.15) is 0 Å². The number of rotatable bonds is 5. The first-order valence-electron chi connectivity index (χ1n) is 5.41. The van der Waals surface area contributed by atoms with Crippen molar-refractivity contribution in [2.75, 3.05) is 5.75 Å². The van der Waals surface area contributed by atoms with Crippen LogP contribution in [0.3, 0.4) is 0 Å². The van der Waals surface area contributed by atoms with Gasteiger partial charge in [-0.15, -0.1) is 11.8 Å². The number of aliphatic hydroxyl groups is 1. The number of amides is 2. The lowest BCUT2D eigenvalue weighted by atomic mass is 9.92. The minimum absolute atomic E-state index is 0.0484. The summed E-state index contributed by atoms with van der Waals surface area (Å²) >= 11 is 2.18. The van der Waals surface area contributed by atoms with Gasteiger partial charge in [-0.05, 0) is 6.92 Å². The maximum atomic E-state index is 11.8. The molecule has 2 aliphatic heterocycles. The zero-order chi connectivity index (χ0) is 14.3. The van der Waals surface area contributed by atoms with Gasteiger partial charge in [0.05, 0.1) is 22.0 Å². The first-order valence-corrected chi connectivity index (χ1v) is 7.27. The number of thioether (sulfide) groups is 2. The molecule has 0 aliphatic carbocycles. The smallest absolute Gasteiger partial charge is 0.354 e. The summed E-state index contributed by atoms with van der Waals surface area (Å²) in [5, 5.41) is 18.3. The highest BCUT2D eigenvalue weighted by atomic mass is 32.2. The largest absolute Gasteiger partial charge is 0.477 e. The summed E-state index contributed by atoms with van der Waals surface area (Å²) < 4.78 is 0.382. The van der Waals surface area contributed by atoms with E-state index in [1.807, 2.05) is 0 Å². The Bertz CT molecular complexity index is 490. The number of nitrogens with zero attached hydrogens (tertiary/aromatic N) is 1. The van der Waals surface area contributed by atoms with Crippen LogP contribution < -0.4 is 5.73 Å². The summed E-state index contributed by atoms with van der Waals surface area (Å²) in [5.41, 5.74) is 4.90. The predicted molar refractivity (Wildman–Crippen MR) is 69.7 cm³/mol. The van der Waals surface area contributed by atoms with Crippen molar-refractivity contribution in [3.63, 3.8) is 0 Å². The molecule has 2 heterocycles. The number of primary amides is 1. The molecule has 19 heavy (non-hydrogen) atoms. The molecule has 4 N–H and O–H groups in total. The van der Waals surface area contributed by atoms with Crippen LogP contribution in [0.5, 0.6) is 0 Å². The monoisotopic (exact) mass is 304 g/mol. The summed E-state index contributed by atoms with van der Waals surface area (Å²) in [5.74, 6) is -2.84. The Balaban J connectivity index is 2.21. The van der Waals surface area contributed by atoms with Crippen LogP contribution in [0.1, 0.15) is 6.92 Å². The number of aliphatic hydroxyl groups excluding tert-OH is 1. The highest BCUT2D eigenvalue weighted by molar-refractivity contribution is 8.23. The van der Waals surface area contributed by atoms with Gasteiger partial charge in [0, 0.05) is 0 Å². The highest BCUT2D eigenvalue weighted by Crippen LogP contribution is 2.53. The molecule has 2 rings (SSSR count). The molecule has 0 saturated carbocycles. The lowest BCUT2D eigenvalue weighted by molar-refractivity contribution is -0.156. The van der Waals surface area contributed by atoms with Crippen molar-refractivity contribution in [1.29, 1.82) is 0 Å². The Morgan fingerprint density at radius 3 is 2.68 bits per heavy atom. The summed E-state index contributed by atoms with van der Waals surface area (Å²) in [6.45, 7) is 1.50. The van der Waals surface area contributed by atoms with E-state index in [1.165, 1.54) is 18.7 Å². The van der Waals surface area contributed by atoms with Gasteiger partial charge in [-0.1, -0.05) is 11.8 Å². The van der Waals surface area contributed by atoms with E-state index in [9.17, 15) is 19.5 Å². The summed E-state index contributed by atoms with van der Waals surface area (Å²) in [4.78, 5) is 35.0. The predicted octanol–water partition coefficient (Wildman–Crippen LogP) is -0.629. The highest BCUT2D eigenvalue weighted by Gasteiger charge is 2.57. The first-order chi connectivity index (χ1) is 8.84. The van der Waals surface area contributed by atoms with E-state index in [0.717, 1.165) is 16.7 Å². The van der Waals surface area contributed by atoms with Crippen molar-refractivity contribution in [2.45, 2.75) is 18.4 Å². The van der Waals surface area contributed by atoms with Crippen LogP contribution in [0.4, 0.5) is 0 Å². The van der Waals surface area contributed by atoms with E-state index < -0.39 is 35.2 Å². The number of carboxylic acids is 1. The van der Waals surface area contributed by atoms with Gasteiger partial charge >= 0.3 is 5.97 Å². The molecule has 104 valence electrons. The molecule has 0 aromatic carbocycles. The molecule has 1 fully saturated rings. The summed E-state index contributed by atoms with van der Waals surface area (Å²) in [6, 6.07) is 0. The van der Waals surface area contributed by atoms with Gasteiger partial charge in [-0.25, -0.2) is 4.79 Å². The van der Waals surface area contributed by atoms with Crippen LogP contribution >= 0.6 is 23.5 Å². The van der Waals surface area contributed by atoms with Crippen LogP contribution in [0.25, 0.3) is 0 Å². The zero-order valence-corrected chi connectivity index (χ0v) is 11.5. The molecule has 2 amide bonds. The number of carboxylic acid groups (broad SMARTS) is 1. The number of nitrogens with two attached hydrogens (primary N) is 1. The van der Waals surface area contributed by atoms with Crippen molar-refractivity contribution < 1.29 is 24.6 Å². The molecule has 0 aromatic heterocycles. The second kappa shape index (κ2) is 5.06. The van der Waals surface area contributed by atoms with Crippen molar-refractivity contribution in [3.05, 3.63) is 9.93 Å². The molecule has 0 spiro atoms. The van der Waals surface area contributed by atoms with Crippen LogP contribution in [0, 0.1) is 5.92 Å². The molecule has 7 nitrogen and oxygen atoms in total. The lowest BCUT2D eigenvalue weighted by Crippen LogP contribution is -2.60. The molecule has 2 aliphatic rings. The van der Waals surface area contributed by atoms with Crippen molar-refractivity contribution in [2.24, 2.45) is 11.7 Å². The molecule has 0 aromatic rings. The van der Waals surface area contributed by atoms with Gasteiger partial charge in [0.15, 0.2) is 5.70 Å². The third-order valence-corrected chi connectivity index (χ3v) is 5.49. The van der Waals surface area contributed by atoms with Gasteiger partial charge in [-0.3, -0.25) is 14.5 Å². The van der Waals surface area contributed by atoms with Crippen molar-refractivity contribution in [1.82, 2.24) is 4.90 Å². The molecular formula is C10H12N2O5S2. The van der Waals surface area contributed by atoms with Crippen LogP contribution in [-0.2, 0) is 14.4 Å². The molecule has 1 saturated heterocycles. The van der Waals surface area contributed by atoms with Crippen LogP contribution in [0.2, 0.25) is 0 Å². The van der Waals surface area contributed by atoms with Crippen molar-refractivity contribution in [3.8, 4) is 0 Å². The van der Waals surface area contributed by atoms with E-state index in [4.69, 9.17) is 10.8 Å². The summed E-state index contributed by atoms with van der Waals surface area (Å²) in [7, 11) is 0. The number of aliphatic carboxylic acids is 1. The Morgan fingerprint density at radius 1 is 1.58 bits per heavy atom. The van der Waals surface area contributed by atoms with E-state index in [1.54, 1.807) is 0 Å². The lowest BCUT2D eigenvalue weighted by Gasteiger charge is -2.43. The fourth-order valence-corrected chi connectivity index (χ4v) is 4.65. The standard InChI is InChI=1S/C10H12N2O5S2/c1-3(13)5-7(15)12-6(9(16)17)10(19-8(5)12)18-2-4(11)14/h3,5,8,13H,2H2,1H3,(H2,11,14)(H,16,17)/t3-,5+,8-/m1/s1. The maximum Gasteiger partial charge on any atom is 0.354 e. The number of β-lactam (4-membered cyclic amide) rings is 1. The number of carbonyl (C=O) groups is 3. The Labute approximate surface area is 117 Å². The second-order valence-corrected chi connectivity index (χ2v) is 6.55. The van der Waals surface area contributed by atoms with Crippen LogP contribution in [-0.4, -0.2) is 50.1 Å². The van der Waals surface area contributed by atoms with Crippen molar-refractivity contribution >= 4 is 41.3 Å². The Morgan fingerprint density at radius 2 is 2.21 bits per heavy atom. The fraction of sp³-hybridized carbons (Fsp3) is 0.500. The quantitative estimate of drug-likeness (QED) is 0.578. The minimum Gasteiger partial charge on any atom is -0.477 e. The Hall–Kier alpha value is -1.19. The van der Waals surface area contributed by atoms with Gasteiger partial charge in [0.2, 0.25) is 11.8 Å². The normalized spacial score (nSPS) is 27.1. The number of fused-ring (bicyclic) bond motifs is 1. The van der Waals surface area contributed by atoms with E-state index in [-0.39, 0.29) is 11.4 Å². The maximum absolute atomic E-state index is 11.8. The molecular weight excluding hydrogens is 292 g/mol. The number of hydrogen-bond donors (Lipinski definition) is 3. The van der Waals surface area contributed by atoms with Crippen LogP contribution in [0.15, 0.2) is 9.93 Å². The Kier molecular flexibility index (Phi) is 3.79. The minimum atomic E-state index is -1.22. The first kappa shape index (κ1) is 14.2. The third-order valence-electron chi connectivity index (χ3n) is 2.81. The molecule has 9 heteroatoms. The van der Waals surface area contributed by atoms with E-state index >= 15 is 0 Å².